The molecule has 0 bridgehead atoms. The Bertz CT molecular complexity index is 975. The van der Waals surface area contributed by atoms with Crippen LogP contribution in [0, 0.1) is 0 Å². The molecule has 1 aliphatic heterocycles. The van der Waals surface area contributed by atoms with E-state index in [1.807, 2.05) is 19.9 Å². The number of ether oxygens (including phenoxy) is 1. The molecule has 0 saturated carbocycles. The highest BCUT2D eigenvalue weighted by Gasteiger charge is 2.31. The highest BCUT2D eigenvalue weighted by atomic mass is 32.1. The number of hydrogen-bond donors (Lipinski definition) is 2. The van der Waals surface area contributed by atoms with Gasteiger partial charge in [0.25, 0.3) is 5.56 Å². The molecule has 0 aliphatic carbocycles. The van der Waals surface area contributed by atoms with Crippen LogP contribution in [0.3, 0.4) is 0 Å². The van der Waals surface area contributed by atoms with E-state index in [1.54, 1.807) is 6.92 Å². The third-order valence-corrected chi connectivity index (χ3v) is 5.58. The predicted octanol–water partition coefficient (Wildman–Crippen LogP) is 1.93. The molecule has 0 unspecified atom stereocenters. The Balaban J connectivity index is 2.05. The minimum absolute atomic E-state index is 0.0388. The van der Waals surface area contributed by atoms with E-state index in [1.165, 1.54) is 22.2 Å². The molecule has 2 amide bonds. The maximum atomic E-state index is 12.8. The van der Waals surface area contributed by atoms with Crippen molar-refractivity contribution in [1.29, 1.82) is 0 Å². The van der Waals surface area contributed by atoms with Crippen molar-refractivity contribution in [3.05, 3.63) is 38.9 Å². The van der Waals surface area contributed by atoms with Gasteiger partial charge in [-0.3, -0.25) is 9.36 Å². The summed E-state index contributed by atoms with van der Waals surface area (Å²) < 4.78 is 6.55. The molecule has 0 radical (unpaired) electrons. The van der Waals surface area contributed by atoms with Crippen molar-refractivity contribution in [2.75, 3.05) is 6.61 Å². The van der Waals surface area contributed by atoms with Gasteiger partial charge in [-0.2, -0.15) is 0 Å². The number of amides is 2. The lowest BCUT2D eigenvalue weighted by atomic mass is 10.00. The lowest BCUT2D eigenvalue weighted by molar-refractivity contribution is -0.139. The molecule has 2 aromatic rings. The molecular formula is C18H22N4O4S. The van der Waals surface area contributed by atoms with Gasteiger partial charge in [-0.15, -0.1) is 11.3 Å². The van der Waals surface area contributed by atoms with Crippen molar-refractivity contribution < 1.29 is 14.3 Å². The number of aryl methyl sites for hydroxylation is 1. The van der Waals surface area contributed by atoms with Crippen molar-refractivity contribution in [2.24, 2.45) is 0 Å². The number of aromatic nitrogens is 2. The quantitative estimate of drug-likeness (QED) is 0.734. The summed E-state index contributed by atoms with van der Waals surface area (Å²) >= 11 is 1.49. The normalized spacial score (nSPS) is 17.0. The standard InChI is InChI=1S/C18H22N4O4S/c1-4-10-7-11-15(27-10)19-9-22(16(11)23)8-13-14(17(24)26-6-3)12(5-2)20-18(25)21-13/h7,9,12H,4-6,8H2,1-3H3,(H2,20,21,25)/t12-/m1/s1. The van der Waals surface area contributed by atoms with Crippen LogP contribution < -0.4 is 16.2 Å². The van der Waals surface area contributed by atoms with Crippen molar-refractivity contribution in [2.45, 2.75) is 46.2 Å². The first kappa shape index (κ1) is 19.1. The summed E-state index contributed by atoms with van der Waals surface area (Å²) in [6, 6.07) is 0.978. The SMILES string of the molecule is CCOC(=O)C1=C(Cn2cnc3sc(CC)cc3c2=O)NC(=O)N[C@@H]1CC. The number of carbonyl (C=O) groups excluding carboxylic acids is 2. The van der Waals surface area contributed by atoms with Crippen molar-refractivity contribution in [3.63, 3.8) is 0 Å². The van der Waals surface area contributed by atoms with E-state index in [-0.39, 0.29) is 18.7 Å². The van der Waals surface area contributed by atoms with Gasteiger partial charge in [0.2, 0.25) is 0 Å². The highest BCUT2D eigenvalue weighted by Crippen LogP contribution is 2.22. The number of hydrogen-bond acceptors (Lipinski definition) is 6. The predicted molar refractivity (Wildman–Crippen MR) is 103 cm³/mol. The molecule has 3 rings (SSSR count). The minimum Gasteiger partial charge on any atom is -0.463 e. The molecule has 0 spiro atoms. The fraction of sp³-hybridized carbons (Fsp3) is 0.444. The lowest BCUT2D eigenvalue weighted by Crippen LogP contribution is -2.51. The van der Waals surface area contributed by atoms with E-state index in [2.05, 4.69) is 15.6 Å². The summed E-state index contributed by atoms with van der Waals surface area (Å²) in [6.07, 6.45) is 2.81. The van der Waals surface area contributed by atoms with Crippen LogP contribution in [0.2, 0.25) is 0 Å². The fourth-order valence-electron chi connectivity index (χ4n) is 3.05. The number of thiophene rings is 1. The molecule has 0 fully saturated rings. The van der Waals surface area contributed by atoms with Gasteiger partial charge < -0.3 is 15.4 Å². The second-order valence-corrected chi connectivity index (χ2v) is 7.25. The zero-order valence-electron chi connectivity index (χ0n) is 15.5. The molecule has 2 aromatic heterocycles. The van der Waals surface area contributed by atoms with Gasteiger partial charge in [-0.1, -0.05) is 13.8 Å². The number of esters is 1. The Labute approximate surface area is 160 Å². The number of rotatable bonds is 6. The number of nitrogens with one attached hydrogen (secondary N) is 2. The van der Waals surface area contributed by atoms with Crippen LogP contribution in [0.5, 0.6) is 0 Å². The van der Waals surface area contributed by atoms with Crippen molar-refractivity contribution in [3.8, 4) is 0 Å². The third kappa shape index (κ3) is 3.73. The Kier molecular flexibility index (Phi) is 5.59. The van der Waals surface area contributed by atoms with E-state index in [4.69, 9.17) is 4.74 Å². The average molecular weight is 390 g/mol. The molecular weight excluding hydrogens is 368 g/mol. The number of urea groups is 1. The molecule has 8 nitrogen and oxygen atoms in total. The van der Waals surface area contributed by atoms with E-state index < -0.39 is 18.0 Å². The molecule has 144 valence electrons. The summed E-state index contributed by atoms with van der Waals surface area (Å²) in [4.78, 5) is 43.4. The fourth-order valence-corrected chi connectivity index (χ4v) is 3.98. The largest absolute Gasteiger partial charge is 0.463 e. The van der Waals surface area contributed by atoms with E-state index in [0.29, 0.717) is 27.9 Å². The second-order valence-electron chi connectivity index (χ2n) is 6.13. The molecule has 27 heavy (non-hydrogen) atoms. The zero-order chi connectivity index (χ0) is 19.6. The summed E-state index contributed by atoms with van der Waals surface area (Å²) in [5.41, 5.74) is 0.497. The van der Waals surface area contributed by atoms with Gasteiger partial charge >= 0.3 is 12.0 Å². The van der Waals surface area contributed by atoms with Crippen LogP contribution in [0.4, 0.5) is 4.79 Å². The van der Waals surface area contributed by atoms with Gasteiger partial charge in [0.1, 0.15) is 4.83 Å². The van der Waals surface area contributed by atoms with Gasteiger partial charge in [-0.25, -0.2) is 14.6 Å². The van der Waals surface area contributed by atoms with Crippen LogP contribution in [0.1, 0.15) is 32.1 Å². The summed E-state index contributed by atoms with van der Waals surface area (Å²) in [5.74, 6) is -0.502. The Morgan fingerprint density at radius 3 is 2.78 bits per heavy atom. The molecule has 1 atom stereocenters. The van der Waals surface area contributed by atoms with Gasteiger partial charge in [0.05, 0.1) is 42.2 Å². The molecule has 1 aliphatic rings. The summed E-state index contributed by atoms with van der Waals surface area (Å²) in [7, 11) is 0. The first-order valence-corrected chi connectivity index (χ1v) is 9.75. The number of nitrogens with zero attached hydrogens (tertiary/aromatic N) is 2. The zero-order valence-corrected chi connectivity index (χ0v) is 16.3. The van der Waals surface area contributed by atoms with Crippen molar-refractivity contribution >= 4 is 33.6 Å². The van der Waals surface area contributed by atoms with Crippen LogP contribution in [0.25, 0.3) is 10.2 Å². The van der Waals surface area contributed by atoms with E-state index >= 15 is 0 Å². The van der Waals surface area contributed by atoms with Gasteiger partial charge in [0, 0.05) is 4.88 Å². The Morgan fingerprint density at radius 2 is 2.11 bits per heavy atom. The third-order valence-electron chi connectivity index (χ3n) is 4.39. The monoisotopic (exact) mass is 390 g/mol. The maximum Gasteiger partial charge on any atom is 0.337 e. The summed E-state index contributed by atoms with van der Waals surface area (Å²) in [5, 5.41) is 5.92. The molecule has 9 heteroatoms. The van der Waals surface area contributed by atoms with Crippen LogP contribution in [-0.4, -0.2) is 34.2 Å². The van der Waals surface area contributed by atoms with E-state index in [9.17, 15) is 14.4 Å². The average Bonchev–Trinajstić information content (AvgIpc) is 3.08. The lowest BCUT2D eigenvalue weighted by Gasteiger charge is -2.28. The first-order chi connectivity index (χ1) is 13.0. The molecule has 0 saturated heterocycles. The molecule has 3 heterocycles. The smallest absolute Gasteiger partial charge is 0.337 e. The van der Waals surface area contributed by atoms with Crippen LogP contribution in [0.15, 0.2) is 28.5 Å². The topological polar surface area (TPSA) is 102 Å². The Morgan fingerprint density at radius 1 is 1.33 bits per heavy atom. The minimum atomic E-state index is -0.502. The number of carbonyl (C=O) groups is 2. The number of fused-ring (bicyclic) bond motifs is 1. The molecule has 0 aromatic carbocycles. The number of allylic oxidation sites excluding steroid dienone is 1. The molecule has 2 N–H and O–H groups in total. The highest BCUT2D eigenvalue weighted by molar-refractivity contribution is 7.18. The van der Waals surface area contributed by atoms with Crippen LogP contribution in [-0.2, 0) is 22.5 Å². The Hall–Kier alpha value is -2.68. The van der Waals surface area contributed by atoms with Crippen molar-refractivity contribution in [1.82, 2.24) is 20.2 Å². The maximum absolute atomic E-state index is 12.8. The first-order valence-electron chi connectivity index (χ1n) is 8.93. The van der Waals surface area contributed by atoms with Gasteiger partial charge in [-0.05, 0) is 25.8 Å². The van der Waals surface area contributed by atoms with Crippen LogP contribution >= 0.6 is 11.3 Å². The van der Waals surface area contributed by atoms with E-state index in [0.717, 1.165) is 11.3 Å². The van der Waals surface area contributed by atoms with Gasteiger partial charge in [0.15, 0.2) is 0 Å². The summed E-state index contributed by atoms with van der Waals surface area (Å²) in [6.45, 7) is 5.87. The second kappa shape index (κ2) is 7.91.